The van der Waals surface area contributed by atoms with Crippen LogP contribution in [-0.4, -0.2) is 30.9 Å². The maximum Gasteiger partial charge on any atom is 0.293 e. The van der Waals surface area contributed by atoms with E-state index >= 15 is 0 Å². The van der Waals surface area contributed by atoms with E-state index in [1.54, 1.807) is 29.6 Å². The van der Waals surface area contributed by atoms with E-state index in [1.165, 1.54) is 17.6 Å². The molecule has 0 aliphatic carbocycles. The van der Waals surface area contributed by atoms with Gasteiger partial charge < -0.3 is 14.6 Å². The topological polar surface area (TPSA) is 87.5 Å². The number of furan rings is 1. The summed E-state index contributed by atoms with van der Waals surface area (Å²) in [6.07, 6.45) is 1.50. The summed E-state index contributed by atoms with van der Waals surface area (Å²) in [7, 11) is 3.76. The second kappa shape index (κ2) is 8.24. The van der Waals surface area contributed by atoms with Gasteiger partial charge in [-0.15, -0.1) is 11.3 Å². The molecule has 9 heteroatoms. The molecule has 0 bridgehead atoms. The number of nitrogens with one attached hydrogen (secondary N) is 2. The summed E-state index contributed by atoms with van der Waals surface area (Å²) in [5, 5.41) is 8.15. The molecule has 7 nitrogen and oxygen atoms in total. The van der Waals surface area contributed by atoms with Crippen LogP contribution in [0.4, 0.5) is 16.5 Å². The number of carbonyl (C=O) groups excluding carboxylic acids is 2. The van der Waals surface area contributed by atoms with Crippen molar-refractivity contribution in [3.63, 3.8) is 0 Å². The van der Waals surface area contributed by atoms with Crippen molar-refractivity contribution in [2.45, 2.75) is 6.42 Å². The number of benzene rings is 1. The average Bonchev–Trinajstić information content (AvgIpc) is 3.26. The highest BCUT2D eigenvalue weighted by Gasteiger charge is 2.14. The van der Waals surface area contributed by atoms with Crippen molar-refractivity contribution in [1.82, 2.24) is 4.98 Å². The van der Waals surface area contributed by atoms with Crippen LogP contribution in [0.2, 0.25) is 5.02 Å². The van der Waals surface area contributed by atoms with Gasteiger partial charge in [-0.1, -0.05) is 11.6 Å². The van der Waals surface area contributed by atoms with Crippen molar-refractivity contribution in [2.24, 2.45) is 0 Å². The molecule has 3 rings (SSSR count). The number of hydrogen-bond acceptors (Lipinski definition) is 6. The van der Waals surface area contributed by atoms with Crippen LogP contribution in [-0.2, 0) is 11.2 Å². The van der Waals surface area contributed by atoms with Gasteiger partial charge in [0, 0.05) is 24.5 Å². The Morgan fingerprint density at radius 1 is 1.26 bits per heavy atom. The van der Waals surface area contributed by atoms with Crippen molar-refractivity contribution in [2.75, 3.05) is 29.6 Å². The molecule has 2 heterocycles. The molecule has 27 heavy (non-hydrogen) atoms. The van der Waals surface area contributed by atoms with Gasteiger partial charge in [-0.3, -0.25) is 14.9 Å². The molecule has 0 radical (unpaired) electrons. The quantitative estimate of drug-likeness (QED) is 0.650. The molecule has 0 unspecified atom stereocenters. The van der Waals surface area contributed by atoms with Gasteiger partial charge in [0.1, 0.15) is 0 Å². The molecule has 0 saturated heterocycles. The van der Waals surface area contributed by atoms with Gasteiger partial charge >= 0.3 is 0 Å². The Morgan fingerprint density at radius 3 is 2.78 bits per heavy atom. The van der Waals surface area contributed by atoms with Gasteiger partial charge in [0.2, 0.25) is 5.91 Å². The van der Waals surface area contributed by atoms with E-state index in [9.17, 15) is 9.59 Å². The predicted molar refractivity (Wildman–Crippen MR) is 107 cm³/mol. The van der Waals surface area contributed by atoms with Crippen molar-refractivity contribution in [3.8, 4) is 0 Å². The highest BCUT2D eigenvalue weighted by molar-refractivity contribution is 7.14. The summed E-state index contributed by atoms with van der Waals surface area (Å²) >= 11 is 7.27. The summed E-state index contributed by atoms with van der Waals surface area (Å²) in [5.41, 5.74) is 2.03. The number of rotatable bonds is 6. The first-order chi connectivity index (χ1) is 12.9. The van der Waals surface area contributed by atoms with E-state index in [0.29, 0.717) is 21.5 Å². The maximum atomic E-state index is 12.4. The fraction of sp³-hybridized carbons (Fsp3) is 0.167. The molecular weight excluding hydrogens is 388 g/mol. The SMILES string of the molecule is CN(C)c1ccc(Cl)cc1NC(=O)Cc1csc(NC(=O)c2ccco2)n1. The number of amides is 2. The van der Waals surface area contributed by atoms with Crippen molar-refractivity contribution < 1.29 is 14.0 Å². The Bertz CT molecular complexity index is 953. The van der Waals surface area contributed by atoms with Crippen LogP contribution in [0.3, 0.4) is 0 Å². The van der Waals surface area contributed by atoms with Gasteiger partial charge in [0.25, 0.3) is 5.91 Å². The number of hydrogen-bond donors (Lipinski definition) is 2. The largest absolute Gasteiger partial charge is 0.459 e. The molecular formula is C18H17ClN4O3S. The van der Waals surface area contributed by atoms with Crippen LogP contribution < -0.4 is 15.5 Å². The summed E-state index contributed by atoms with van der Waals surface area (Å²) in [4.78, 5) is 30.5. The second-order valence-corrected chi connectivity index (χ2v) is 7.15. The molecule has 2 aromatic heterocycles. The smallest absolute Gasteiger partial charge is 0.293 e. The van der Waals surface area contributed by atoms with Gasteiger partial charge in [-0.2, -0.15) is 0 Å². The summed E-state index contributed by atoms with van der Waals surface area (Å²) < 4.78 is 5.03. The Balaban J connectivity index is 1.63. The lowest BCUT2D eigenvalue weighted by molar-refractivity contribution is -0.115. The predicted octanol–water partition coefficient (Wildman–Crippen LogP) is 3.89. The fourth-order valence-corrected chi connectivity index (χ4v) is 3.25. The molecule has 0 aliphatic heterocycles. The van der Waals surface area contributed by atoms with E-state index in [-0.39, 0.29) is 24.0 Å². The Morgan fingerprint density at radius 2 is 2.07 bits per heavy atom. The minimum atomic E-state index is -0.389. The Hall–Kier alpha value is -2.84. The molecule has 3 aromatic rings. The highest BCUT2D eigenvalue weighted by Crippen LogP contribution is 2.28. The van der Waals surface area contributed by atoms with Gasteiger partial charge in [-0.05, 0) is 30.3 Å². The van der Waals surface area contributed by atoms with Crippen LogP contribution >= 0.6 is 22.9 Å². The lowest BCUT2D eigenvalue weighted by Crippen LogP contribution is -2.18. The zero-order valence-electron chi connectivity index (χ0n) is 14.7. The molecule has 0 atom stereocenters. The lowest BCUT2D eigenvalue weighted by Gasteiger charge is -2.18. The number of halogens is 1. The van der Waals surface area contributed by atoms with Crippen LogP contribution in [0, 0.1) is 0 Å². The molecule has 140 valence electrons. The van der Waals surface area contributed by atoms with Crippen LogP contribution in [0.5, 0.6) is 0 Å². The van der Waals surface area contributed by atoms with Crippen molar-refractivity contribution in [3.05, 3.63) is 58.5 Å². The second-order valence-electron chi connectivity index (χ2n) is 5.86. The fourth-order valence-electron chi connectivity index (χ4n) is 2.37. The van der Waals surface area contributed by atoms with Gasteiger partial charge in [0.15, 0.2) is 10.9 Å². The molecule has 0 aliphatic rings. The molecule has 2 amide bonds. The molecule has 1 aromatic carbocycles. The minimum absolute atomic E-state index is 0.0759. The first-order valence-electron chi connectivity index (χ1n) is 7.98. The van der Waals surface area contributed by atoms with E-state index < -0.39 is 0 Å². The molecule has 0 saturated carbocycles. The molecule has 2 N–H and O–H groups in total. The first-order valence-corrected chi connectivity index (χ1v) is 9.24. The van der Waals surface area contributed by atoms with Crippen molar-refractivity contribution >= 4 is 51.3 Å². The van der Waals surface area contributed by atoms with Crippen LogP contribution in [0.15, 0.2) is 46.4 Å². The number of anilines is 3. The van der Waals surface area contributed by atoms with Crippen LogP contribution in [0.25, 0.3) is 0 Å². The number of aromatic nitrogens is 1. The van der Waals surface area contributed by atoms with Crippen molar-refractivity contribution in [1.29, 1.82) is 0 Å². The summed E-state index contributed by atoms with van der Waals surface area (Å²) in [6.45, 7) is 0. The normalized spacial score (nSPS) is 10.5. The molecule has 0 spiro atoms. The van der Waals surface area contributed by atoms with E-state index in [4.69, 9.17) is 16.0 Å². The number of carbonyl (C=O) groups is 2. The summed E-state index contributed by atoms with van der Waals surface area (Å²) in [5.74, 6) is -0.420. The lowest BCUT2D eigenvalue weighted by atomic mass is 10.2. The third kappa shape index (κ3) is 4.87. The van der Waals surface area contributed by atoms with E-state index in [0.717, 1.165) is 5.69 Å². The van der Waals surface area contributed by atoms with Crippen LogP contribution in [0.1, 0.15) is 16.2 Å². The third-order valence-corrected chi connectivity index (χ3v) is 4.61. The van der Waals surface area contributed by atoms with Gasteiger partial charge in [-0.25, -0.2) is 4.98 Å². The monoisotopic (exact) mass is 404 g/mol. The Labute approximate surface area is 165 Å². The standard InChI is InChI=1S/C18H17ClN4O3S/c1-23(2)14-6-5-11(19)8-13(14)21-16(24)9-12-10-27-18(20-12)22-17(25)15-4-3-7-26-15/h3-8,10H,9H2,1-2H3,(H,21,24)(H,20,22,25). The van der Waals surface area contributed by atoms with E-state index in [1.807, 2.05) is 25.1 Å². The first kappa shape index (κ1) is 18.9. The third-order valence-electron chi connectivity index (χ3n) is 3.57. The average molecular weight is 405 g/mol. The zero-order chi connectivity index (χ0) is 19.4. The van der Waals surface area contributed by atoms with Gasteiger partial charge in [0.05, 0.1) is 29.8 Å². The summed E-state index contributed by atoms with van der Waals surface area (Å²) in [6, 6.07) is 8.49. The maximum absolute atomic E-state index is 12.4. The minimum Gasteiger partial charge on any atom is -0.459 e. The van der Waals surface area contributed by atoms with E-state index in [2.05, 4.69) is 15.6 Å². The Kier molecular flexibility index (Phi) is 5.78. The number of thiazole rings is 1. The highest BCUT2D eigenvalue weighted by atomic mass is 35.5. The number of nitrogens with zero attached hydrogens (tertiary/aromatic N) is 2. The molecule has 0 fully saturated rings. The zero-order valence-corrected chi connectivity index (χ0v) is 16.2.